The van der Waals surface area contributed by atoms with E-state index in [9.17, 15) is 0 Å². The van der Waals surface area contributed by atoms with Gasteiger partial charge in [-0.2, -0.15) is 0 Å². The summed E-state index contributed by atoms with van der Waals surface area (Å²) < 4.78 is 0. The minimum absolute atomic E-state index is 0.688. The molecule has 0 aliphatic carbocycles. The van der Waals surface area contributed by atoms with E-state index in [1.807, 2.05) is 36.7 Å². The minimum Gasteiger partial charge on any atom is -0.264 e. The average Bonchev–Trinajstić information content (AvgIpc) is 3.06. The van der Waals surface area contributed by atoms with Crippen LogP contribution >= 0.6 is 0 Å². The van der Waals surface area contributed by atoms with Gasteiger partial charge in [0.2, 0.25) is 0 Å². The van der Waals surface area contributed by atoms with E-state index in [2.05, 4.69) is 144 Å². The van der Waals surface area contributed by atoms with Crippen LogP contribution in [0.5, 0.6) is 0 Å². The molecule has 1 aromatic heterocycles. The molecular formula is C44H43N. The van der Waals surface area contributed by atoms with Gasteiger partial charge in [0, 0.05) is 18.0 Å². The predicted octanol–water partition coefficient (Wildman–Crippen LogP) is 12.3. The number of nitrogens with zero attached hydrogens (tertiary/aromatic N) is 1. The Kier molecular flexibility index (Phi) is 10.8. The Morgan fingerprint density at radius 3 is 2.04 bits per heavy atom. The van der Waals surface area contributed by atoms with Gasteiger partial charge in [-0.05, 0) is 113 Å². The quantitative estimate of drug-likeness (QED) is 0.119. The van der Waals surface area contributed by atoms with E-state index in [4.69, 9.17) is 0 Å². The van der Waals surface area contributed by atoms with Gasteiger partial charge < -0.3 is 0 Å². The molecule has 0 fully saturated rings. The summed E-state index contributed by atoms with van der Waals surface area (Å²) >= 11 is 0. The Hall–Kier alpha value is -5.27. The Labute approximate surface area is 270 Å². The number of rotatable bonds is 12. The Bertz CT molecular complexity index is 1860. The van der Waals surface area contributed by atoms with Gasteiger partial charge in [0.05, 0.1) is 0 Å². The van der Waals surface area contributed by atoms with Crippen LogP contribution in [0.1, 0.15) is 66.1 Å². The van der Waals surface area contributed by atoms with Gasteiger partial charge in [0.25, 0.3) is 0 Å². The SMILES string of the molecule is C=CC/C(C=C)=C(/c1ccc(-c2cnccc2C)cc1)c1ccccc1C(=C)c1cccc(C(=C)/C(C)=C/C=C(C)C)c1C=C. The van der Waals surface area contributed by atoms with Crippen molar-refractivity contribution in [1.29, 1.82) is 0 Å². The van der Waals surface area contributed by atoms with Crippen molar-refractivity contribution in [1.82, 2.24) is 4.98 Å². The summed E-state index contributed by atoms with van der Waals surface area (Å²) in [6.07, 6.45) is 14.5. The van der Waals surface area contributed by atoms with Crippen LogP contribution < -0.4 is 0 Å². The highest BCUT2D eigenvalue weighted by atomic mass is 14.6. The average molecular weight is 586 g/mol. The summed E-state index contributed by atoms with van der Waals surface area (Å²) in [5.74, 6) is 0. The molecule has 0 bridgehead atoms. The zero-order valence-corrected chi connectivity index (χ0v) is 27.2. The van der Waals surface area contributed by atoms with Gasteiger partial charge in [-0.15, -0.1) is 6.58 Å². The zero-order valence-electron chi connectivity index (χ0n) is 27.2. The largest absolute Gasteiger partial charge is 0.264 e. The van der Waals surface area contributed by atoms with Crippen molar-refractivity contribution in [2.24, 2.45) is 0 Å². The molecule has 4 aromatic rings. The molecule has 0 radical (unpaired) electrons. The molecule has 0 amide bonds. The molecule has 0 atom stereocenters. The highest BCUT2D eigenvalue weighted by Crippen LogP contribution is 2.39. The fraction of sp³-hybridized carbons (Fsp3) is 0.114. The molecule has 1 heterocycles. The normalized spacial score (nSPS) is 11.7. The number of hydrogen-bond donors (Lipinski definition) is 0. The number of pyridine rings is 1. The Morgan fingerprint density at radius 2 is 1.42 bits per heavy atom. The van der Waals surface area contributed by atoms with Crippen molar-refractivity contribution in [3.8, 4) is 11.1 Å². The standard InChI is InChI=1S/C44H43N/c1-10-16-35(11-2)44(37-25-23-36(24-26-37)43-29-45-28-27-32(43)7)42-18-14-13-17-41(42)34(9)40-20-15-19-39(38(40)12-3)33(8)31(6)22-21-30(4)5/h10-15,17-29H,1-3,8-9,16H2,4-7H3/b31-22+,44-35-. The van der Waals surface area contributed by atoms with Crippen LogP contribution in [-0.4, -0.2) is 4.98 Å². The van der Waals surface area contributed by atoms with E-state index >= 15 is 0 Å². The van der Waals surface area contributed by atoms with Crippen LogP contribution in [0.3, 0.4) is 0 Å². The molecule has 0 N–H and O–H groups in total. The molecule has 0 saturated heterocycles. The maximum Gasteiger partial charge on any atom is 0.0349 e. The van der Waals surface area contributed by atoms with Crippen LogP contribution in [0, 0.1) is 6.92 Å². The minimum atomic E-state index is 0.688. The van der Waals surface area contributed by atoms with Gasteiger partial charge in [-0.1, -0.05) is 129 Å². The topological polar surface area (TPSA) is 12.9 Å². The number of aryl methyl sites for hydroxylation is 1. The molecule has 3 aromatic carbocycles. The first-order chi connectivity index (χ1) is 21.7. The molecule has 1 nitrogen and oxygen atoms in total. The molecule has 0 aliphatic rings. The van der Waals surface area contributed by atoms with E-state index in [0.29, 0.717) is 6.42 Å². The van der Waals surface area contributed by atoms with Gasteiger partial charge in [0.15, 0.2) is 0 Å². The highest BCUT2D eigenvalue weighted by Gasteiger charge is 2.19. The lowest BCUT2D eigenvalue weighted by Crippen LogP contribution is -2.01. The van der Waals surface area contributed by atoms with Gasteiger partial charge in [-0.3, -0.25) is 4.98 Å². The lowest BCUT2D eigenvalue weighted by molar-refractivity contribution is 1.28. The second-order valence-electron chi connectivity index (χ2n) is 11.4. The van der Waals surface area contributed by atoms with Crippen LogP contribution in [0.15, 0.2) is 159 Å². The predicted molar refractivity (Wildman–Crippen MR) is 199 cm³/mol. The van der Waals surface area contributed by atoms with Gasteiger partial charge in [-0.25, -0.2) is 0 Å². The van der Waals surface area contributed by atoms with E-state index in [1.54, 1.807) is 0 Å². The first kappa shape index (κ1) is 32.6. The molecule has 0 saturated carbocycles. The van der Waals surface area contributed by atoms with Gasteiger partial charge in [0.1, 0.15) is 0 Å². The van der Waals surface area contributed by atoms with Crippen molar-refractivity contribution in [3.05, 3.63) is 198 Å². The van der Waals surface area contributed by atoms with E-state index in [-0.39, 0.29) is 0 Å². The summed E-state index contributed by atoms with van der Waals surface area (Å²) in [6.45, 7) is 29.9. The third kappa shape index (κ3) is 7.28. The lowest BCUT2D eigenvalue weighted by Gasteiger charge is -2.21. The molecule has 45 heavy (non-hydrogen) atoms. The van der Waals surface area contributed by atoms with Crippen LogP contribution in [0.4, 0.5) is 0 Å². The molecule has 224 valence electrons. The second-order valence-corrected chi connectivity index (χ2v) is 11.4. The smallest absolute Gasteiger partial charge is 0.0349 e. The molecule has 0 spiro atoms. The number of hydrogen-bond acceptors (Lipinski definition) is 1. The first-order valence-corrected chi connectivity index (χ1v) is 15.3. The highest BCUT2D eigenvalue weighted by molar-refractivity contribution is 5.96. The van der Waals surface area contributed by atoms with Gasteiger partial charge >= 0.3 is 0 Å². The van der Waals surface area contributed by atoms with Crippen molar-refractivity contribution in [2.75, 3.05) is 0 Å². The summed E-state index contributed by atoms with van der Waals surface area (Å²) in [6, 6.07) is 25.5. The fourth-order valence-corrected chi connectivity index (χ4v) is 5.56. The third-order valence-corrected chi connectivity index (χ3v) is 8.08. The monoisotopic (exact) mass is 585 g/mol. The summed E-state index contributed by atoms with van der Waals surface area (Å²) in [7, 11) is 0. The zero-order chi connectivity index (χ0) is 32.5. The Morgan fingerprint density at radius 1 is 0.756 bits per heavy atom. The molecule has 4 rings (SSSR count). The fourth-order valence-electron chi connectivity index (χ4n) is 5.56. The van der Waals surface area contributed by atoms with Crippen molar-refractivity contribution >= 4 is 22.8 Å². The van der Waals surface area contributed by atoms with Crippen LogP contribution in [0.2, 0.25) is 0 Å². The maximum atomic E-state index is 4.66. The summed E-state index contributed by atoms with van der Waals surface area (Å²) in [5, 5.41) is 0. The van der Waals surface area contributed by atoms with Crippen molar-refractivity contribution < 1.29 is 0 Å². The van der Waals surface area contributed by atoms with Crippen molar-refractivity contribution in [3.63, 3.8) is 0 Å². The Balaban J connectivity index is 1.87. The van der Waals surface area contributed by atoms with Crippen LogP contribution in [0.25, 0.3) is 33.9 Å². The van der Waals surface area contributed by atoms with Crippen LogP contribution in [-0.2, 0) is 0 Å². The lowest BCUT2D eigenvalue weighted by atomic mass is 9.83. The summed E-state index contributed by atoms with van der Waals surface area (Å²) in [4.78, 5) is 4.35. The first-order valence-electron chi connectivity index (χ1n) is 15.3. The molecule has 0 unspecified atom stereocenters. The number of benzene rings is 3. The molecule has 0 aliphatic heterocycles. The third-order valence-electron chi connectivity index (χ3n) is 8.08. The van der Waals surface area contributed by atoms with Crippen molar-refractivity contribution in [2.45, 2.75) is 34.1 Å². The molecule has 1 heteroatoms. The second kappa shape index (κ2) is 14.9. The molecular weight excluding hydrogens is 542 g/mol. The summed E-state index contributed by atoms with van der Waals surface area (Å²) in [5.41, 5.74) is 16.2. The maximum absolute atomic E-state index is 4.66. The van der Waals surface area contributed by atoms with E-state index in [0.717, 1.165) is 72.4 Å². The van der Waals surface area contributed by atoms with E-state index in [1.165, 1.54) is 11.1 Å². The van der Waals surface area contributed by atoms with E-state index < -0.39 is 0 Å². The number of aromatic nitrogens is 1. The number of allylic oxidation sites excluding steroid dienone is 8.